The van der Waals surface area contributed by atoms with Crippen LogP contribution in [0.1, 0.15) is 5.56 Å². The number of hydrogen-bond donors (Lipinski definition) is 0. The van der Waals surface area contributed by atoms with Gasteiger partial charge in [0.25, 0.3) is 0 Å². The van der Waals surface area contributed by atoms with E-state index in [-0.39, 0.29) is 0 Å². The summed E-state index contributed by atoms with van der Waals surface area (Å²) in [5.41, 5.74) is 4.35. The van der Waals surface area contributed by atoms with Gasteiger partial charge in [0.05, 0.1) is 16.6 Å². The van der Waals surface area contributed by atoms with E-state index in [2.05, 4.69) is 0 Å². The Bertz CT molecular complexity index is 1990. The number of benzene rings is 5. The summed E-state index contributed by atoms with van der Waals surface area (Å²) in [6.45, 7) is 0. The molecule has 0 saturated heterocycles. The maximum absolute atomic E-state index is 13.5. The van der Waals surface area contributed by atoms with Crippen molar-refractivity contribution < 1.29 is 13.2 Å². The van der Waals surface area contributed by atoms with Gasteiger partial charge >= 0.3 is 6.18 Å². The lowest BCUT2D eigenvalue weighted by atomic mass is 10.1. The number of imidazole rings is 1. The Morgan fingerprint density at radius 1 is 0.465 bits per heavy atom. The molecule has 5 nitrogen and oxygen atoms in total. The van der Waals surface area contributed by atoms with Gasteiger partial charge < -0.3 is 0 Å². The zero-order chi connectivity index (χ0) is 29.4. The number of hydrogen-bond acceptors (Lipinski definition) is 4. The monoisotopic (exact) mass is 569 g/mol. The minimum absolute atomic E-state index is 0.368. The Morgan fingerprint density at radius 2 is 0.977 bits per heavy atom. The van der Waals surface area contributed by atoms with E-state index in [1.165, 1.54) is 6.07 Å². The SMILES string of the molecule is FC(F)(F)c1cccc(-c2nc3ccccc3n2-c2ccc(-c3nc(-c4ccccc4)nc(-c4ccccc4)n3)cc2)c1. The molecule has 2 aromatic heterocycles. The fourth-order valence-corrected chi connectivity index (χ4v) is 5.01. The van der Waals surface area contributed by atoms with Gasteiger partial charge in [-0.2, -0.15) is 13.2 Å². The van der Waals surface area contributed by atoms with Crippen molar-refractivity contribution in [1.82, 2.24) is 24.5 Å². The van der Waals surface area contributed by atoms with Crippen LogP contribution in [0.15, 0.2) is 133 Å². The molecule has 208 valence electrons. The largest absolute Gasteiger partial charge is 0.416 e. The molecule has 8 heteroatoms. The fraction of sp³-hybridized carbons (Fsp3) is 0.0286. The molecule has 0 spiro atoms. The highest BCUT2D eigenvalue weighted by molar-refractivity contribution is 5.83. The van der Waals surface area contributed by atoms with Crippen molar-refractivity contribution in [3.63, 3.8) is 0 Å². The van der Waals surface area contributed by atoms with E-state index < -0.39 is 11.7 Å². The minimum Gasteiger partial charge on any atom is -0.292 e. The molecule has 5 aromatic carbocycles. The molecule has 0 saturated carbocycles. The highest BCUT2D eigenvalue weighted by atomic mass is 19.4. The molecule has 0 N–H and O–H groups in total. The van der Waals surface area contributed by atoms with Crippen molar-refractivity contribution in [2.24, 2.45) is 0 Å². The number of nitrogens with zero attached hydrogens (tertiary/aromatic N) is 5. The van der Waals surface area contributed by atoms with Crippen LogP contribution in [-0.4, -0.2) is 24.5 Å². The van der Waals surface area contributed by atoms with Crippen LogP contribution < -0.4 is 0 Å². The van der Waals surface area contributed by atoms with Gasteiger partial charge in [-0.05, 0) is 48.5 Å². The lowest BCUT2D eigenvalue weighted by molar-refractivity contribution is -0.137. The maximum Gasteiger partial charge on any atom is 0.416 e. The van der Waals surface area contributed by atoms with Gasteiger partial charge in [0.2, 0.25) is 0 Å². The van der Waals surface area contributed by atoms with Crippen LogP contribution in [0.25, 0.3) is 62.3 Å². The first-order valence-electron chi connectivity index (χ1n) is 13.6. The Balaban J connectivity index is 1.34. The fourth-order valence-electron chi connectivity index (χ4n) is 5.01. The first kappa shape index (κ1) is 26.3. The predicted octanol–water partition coefficient (Wildman–Crippen LogP) is 8.90. The van der Waals surface area contributed by atoms with Crippen LogP contribution in [-0.2, 0) is 6.18 Å². The van der Waals surface area contributed by atoms with Crippen molar-refractivity contribution in [2.75, 3.05) is 0 Å². The first-order chi connectivity index (χ1) is 20.9. The second-order valence-electron chi connectivity index (χ2n) is 9.92. The standard InChI is InChI=1S/C35H22F3N5/c36-35(37,38)27-15-9-14-26(22-27)34-39-29-16-7-8-17-30(29)43(34)28-20-18-25(19-21-28)33-41-31(23-10-3-1-4-11-23)40-32(42-33)24-12-5-2-6-13-24/h1-22H. The molecule has 7 aromatic rings. The van der Waals surface area contributed by atoms with E-state index in [0.29, 0.717) is 34.4 Å². The Hall–Kier alpha value is -5.63. The highest BCUT2D eigenvalue weighted by Crippen LogP contribution is 2.35. The molecule has 0 atom stereocenters. The summed E-state index contributed by atoms with van der Waals surface area (Å²) in [7, 11) is 0. The van der Waals surface area contributed by atoms with Crippen LogP contribution >= 0.6 is 0 Å². The van der Waals surface area contributed by atoms with Gasteiger partial charge in [-0.1, -0.05) is 84.9 Å². The molecule has 2 heterocycles. The van der Waals surface area contributed by atoms with Crippen molar-refractivity contribution >= 4 is 11.0 Å². The zero-order valence-electron chi connectivity index (χ0n) is 22.6. The molecule has 0 aliphatic rings. The molecule has 0 aliphatic heterocycles. The van der Waals surface area contributed by atoms with Crippen molar-refractivity contribution in [1.29, 1.82) is 0 Å². The summed E-state index contributed by atoms with van der Waals surface area (Å²) in [4.78, 5) is 19.0. The normalized spacial score (nSPS) is 11.6. The zero-order valence-corrected chi connectivity index (χ0v) is 22.6. The first-order valence-corrected chi connectivity index (χ1v) is 13.6. The van der Waals surface area contributed by atoms with Gasteiger partial charge in [-0.25, -0.2) is 19.9 Å². The average molecular weight is 570 g/mol. The summed E-state index contributed by atoms with van der Waals surface area (Å²) in [6.07, 6.45) is -4.46. The number of rotatable bonds is 5. The number of aromatic nitrogens is 5. The van der Waals surface area contributed by atoms with E-state index in [9.17, 15) is 13.2 Å². The molecule has 0 aliphatic carbocycles. The molecule has 0 fully saturated rings. The third-order valence-electron chi connectivity index (χ3n) is 7.09. The molecule has 0 radical (unpaired) electrons. The highest BCUT2D eigenvalue weighted by Gasteiger charge is 2.31. The molecule has 0 unspecified atom stereocenters. The smallest absolute Gasteiger partial charge is 0.292 e. The molecule has 0 amide bonds. The molecule has 7 rings (SSSR count). The van der Waals surface area contributed by atoms with E-state index >= 15 is 0 Å². The van der Waals surface area contributed by atoms with Crippen LogP contribution in [0.4, 0.5) is 13.2 Å². The predicted molar refractivity (Wildman–Crippen MR) is 161 cm³/mol. The van der Waals surface area contributed by atoms with Crippen molar-refractivity contribution in [2.45, 2.75) is 6.18 Å². The van der Waals surface area contributed by atoms with E-state index in [1.807, 2.05) is 114 Å². The van der Waals surface area contributed by atoms with Crippen molar-refractivity contribution in [3.05, 3.63) is 139 Å². The summed E-state index contributed by atoms with van der Waals surface area (Å²) in [6, 6.07) is 39.8. The summed E-state index contributed by atoms with van der Waals surface area (Å²) in [5, 5.41) is 0. The minimum atomic E-state index is -4.46. The molecule has 43 heavy (non-hydrogen) atoms. The van der Waals surface area contributed by atoms with Crippen LogP contribution in [0.2, 0.25) is 0 Å². The Morgan fingerprint density at radius 3 is 1.56 bits per heavy atom. The van der Waals surface area contributed by atoms with E-state index in [0.717, 1.165) is 40.0 Å². The number of fused-ring (bicyclic) bond motifs is 1. The van der Waals surface area contributed by atoms with Gasteiger partial charge in [-0.15, -0.1) is 0 Å². The number of halogens is 3. The van der Waals surface area contributed by atoms with Crippen molar-refractivity contribution in [3.8, 4) is 51.2 Å². The second kappa shape index (κ2) is 10.6. The number of para-hydroxylation sites is 2. The van der Waals surface area contributed by atoms with E-state index in [1.54, 1.807) is 6.07 Å². The molecular formula is C35H22F3N5. The third-order valence-corrected chi connectivity index (χ3v) is 7.09. The van der Waals surface area contributed by atoms with Gasteiger partial charge in [0.15, 0.2) is 17.5 Å². The lowest BCUT2D eigenvalue weighted by Crippen LogP contribution is -2.05. The van der Waals surface area contributed by atoms with Gasteiger partial charge in [0.1, 0.15) is 5.82 Å². The van der Waals surface area contributed by atoms with Gasteiger partial charge in [0, 0.05) is 27.9 Å². The summed E-state index contributed by atoms with van der Waals surface area (Å²) < 4.78 is 42.5. The Kier molecular flexibility index (Phi) is 6.51. The maximum atomic E-state index is 13.5. The summed E-state index contributed by atoms with van der Waals surface area (Å²) >= 11 is 0. The summed E-state index contributed by atoms with van der Waals surface area (Å²) in [5.74, 6) is 2.03. The van der Waals surface area contributed by atoms with Crippen LogP contribution in [0, 0.1) is 0 Å². The topological polar surface area (TPSA) is 56.5 Å². The molecular weight excluding hydrogens is 547 g/mol. The average Bonchev–Trinajstić information content (AvgIpc) is 3.45. The van der Waals surface area contributed by atoms with Gasteiger partial charge in [-0.3, -0.25) is 4.57 Å². The van der Waals surface area contributed by atoms with Crippen LogP contribution in [0.3, 0.4) is 0 Å². The van der Waals surface area contributed by atoms with E-state index in [4.69, 9.17) is 19.9 Å². The lowest BCUT2D eigenvalue weighted by Gasteiger charge is -2.13. The third kappa shape index (κ3) is 5.15. The second-order valence-corrected chi connectivity index (χ2v) is 9.92. The number of alkyl halides is 3. The van der Waals surface area contributed by atoms with Crippen LogP contribution in [0.5, 0.6) is 0 Å². The quantitative estimate of drug-likeness (QED) is 0.208. The Labute approximate surface area is 245 Å². The molecule has 0 bridgehead atoms.